The van der Waals surface area contributed by atoms with Crippen molar-refractivity contribution in [1.82, 2.24) is 4.98 Å². The predicted octanol–water partition coefficient (Wildman–Crippen LogP) is 3.32. The highest BCUT2D eigenvalue weighted by atomic mass is 16.5. The second kappa shape index (κ2) is 6.34. The number of rotatable bonds is 5. The average molecular weight is 257 g/mol. The van der Waals surface area contributed by atoms with Gasteiger partial charge < -0.3 is 9.84 Å². The highest BCUT2D eigenvalue weighted by Gasteiger charge is 2.20. The minimum absolute atomic E-state index is 0.0800. The van der Waals surface area contributed by atoms with Crippen molar-refractivity contribution in [2.45, 2.75) is 25.4 Å². The van der Waals surface area contributed by atoms with Crippen LogP contribution in [0.2, 0.25) is 0 Å². The molecule has 2 aromatic rings. The molecule has 0 fully saturated rings. The van der Waals surface area contributed by atoms with Crippen molar-refractivity contribution in [3.8, 4) is 5.75 Å². The standard InChI is InChI=1S/C16H19NO2/c1-3-15(12-8-10-17-11-9-12)16(18)13-4-6-14(19-2)7-5-13/h4-11,15-16,18H,3H2,1-2H3/t15-,16-/m1/s1. The number of aliphatic hydroxyl groups is 1. The summed E-state index contributed by atoms with van der Waals surface area (Å²) in [5.41, 5.74) is 2.02. The van der Waals surface area contributed by atoms with Crippen molar-refractivity contribution in [3.05, 3.63) is 59.9 Å². The summed E-state index contributed by atoms with van der Waals surface area (Å²) in [4.78, 5) is 4.02. The van der Waals surface area contributed by atoms with Crippen LogP contribution in [-0.4, -0.2) is 17.2 Å². The quantitative estimate of drug-likeness (QED) is 0.893. The Morgan fingerprint density at radius 2 is 1.68 bits per heavy atom. The van der Waals surface area contributed by atoms with Gasteiger partial charge in [-0.3, -0.25) is 4.98 Å². The number of benzene rings is 1. The van der Waals surface area contributed by atoms with Crippen molar-refractivity contribution < 1.29 is 9.84 Å². The summed E-state index contributed by atoms with van der Waals surface area (Å²) in [7, 11) is 1.64. The third-order valence-corrected chi connectivity index (χ3v) is 3.41. The van der Waals surface area contributed by atoms with Crippen LogP contribution in [0.25, 0.3) is 0 Å². The number of nitrogens with zero attached hydrogens (tertiary/aromatic N) is 1. The maximum atomic E-state index is 10.5. The molecule has 0 bridgehead atoms. The largest absolute Gasteiger partial charge is 0.497 e. The van der Waals surface area contributed by atoms with Gasteiger partial charge >= 0.3 is 0 Å². The van der Waals surface area contributed by atoms with Crippen LogP contribution in [0.5, 0.6) is 5.75 Å². The van der Waals surface area contributed by atoms with Crippen molar-refractivity contribution in [3.63, 3.8) is 0 Å². The van der Waals surface area contributed by atoms with Crippen LogP contribution in [-0.2, 0) is 0 Å². The van der Waals surface area contributed by atoms with Gasteiger partial charge in [-0.05, 0) is 41.8 Å². The molecule has 0 aliphatic rings. The summed E-state index contributed by atoms with van der Waals surface area (Å²) in [5, 5.41) is 10.5. The van der Waals surface area contributed by atoms with Crippen LogP contribution in [0.3, 0.4) is 0 Å². The average Bonchev–Trinajstić information content (AvgIpc) is 2.49. The minimum atomic E-state index is -0.515. The van der Waals surface area contributed by atoms with Gasteiger partial charge in [0.25, 0.3) is 0 Å². The first-order valence-electron chi connectivity index (χ1n) is 6.48. The molecule has 3 heteroatoms. The zero-order valence-electron chi connectivity index (χ0n) is 11.3. The molecule has 0 aliphatic heterocycles. The molecule has 1 N–H and O–H groups in total. The molecule has 0 saturated heterocycles. The Labute approximate surface area is 113 Å². The van der Waals surface area contributed by atoms with Gasteiger partial charge in [0, 0.05) is 18.3 Å². The Bertz CT molecular complexity index is 496. The van der Waals surface area contributed by atoms with Crippen molar-refractivity contribution in [2.24, 2.45) is 0 Å². The van der Waals surface area contributed by atoms with Crippen molar-refractivity contribution >= 4 is 0 Å². The van der Waals surface area contributed by atoms with E-state index in [-0.39, 0.29) is 5.92 Å². The molecule has 1 aromatic heterocycles. The first kappa shape index (κ1) is 13.6. The van der Waals surface area contributed by atoms with Crippen molar-refractivity contribution in [2.75, 3.05) is 7.11 Å². The van der Waals surface area contributed by atoms with E-state index in [0.717, 1.165) is 23.3 Å². The lowest BCUT2D eigenvalue weighted by Crippen LogP contribution is -2.10. The van der Waals surface area contributed by atoms with Gasteiger partial charge in [0.2, 0.25) is 0 Å². The summed E-state index contributed by atoms with van der Waals surface area (Å²) in [6.07, 6.45) is 3.88. The topological polar surface area (TPSA) is 42.4 Å². The van der Waals surface area contributed by atoms with E-state index in [0.29, 0.717) is 0 Å². The highest BCUT2D eigenvalue weighted by Crippen LogP contribution is 2.33. The van der Waals surface area contributed by atoms with E-state index in [4.69, 9.17) is 4.74 Å². The normalized spacial score (nSPS) is 13.8. The lowest BCUT2D eigenvalue weighted by atomic mass is 9.88. The lowest BCUT2D eigenvalue weighted by Gasteiger charge is -2.22. The number of aliphatic hydroxyl groups excluding tert-OH is 1. The molecule has 0 aliphatic carbocycles. The fraction of sp³-hybridized carbons (Fsp3) is 0.312. The maximum Gasteiger partial charge on any atom is 0.118 e. The summed E-state index contributed by atoms with van der Waals surface area (Å²) in [6.45, 7) is 2.08. The maximum absolute atomic E-state index is 10.5. The first-order chi connectivity index (χ1) is 9.26. The molecule has 3 nitrogen and oxygen atoms in total. The molecule has 0 saturated carbocycles. The Balaban J connectivity index is 2.22. The van der Waals surface area contributed by atoms with Gasteiger partial charge in [-0.1, -0.05) is 19.1 Å². The fourth-order valence-electron chi connectivity index (χ4n) is 2.29. The second-order valence-electron chi connectivity index (χ2n) is 4.51. The molecule has 0 amide bonds. The third-order valence-electron chi connectivity index (χ3n) is 3.41. The Morgan fingerprint density at radius 1 is 1.05 bits per heavy atom. The summed E-state index contributed by atoms with van der Waals surface area (Å²) in [5.74, 6) is 0.879. The van der Waals surface area contributed by atoms with Gasteiger partial charge in [0.15, 0.2) is 0 Å². The van der Waals surface area contributed by atoms with E-state index in [2.05, 4.69) is 11.9 Å². The lowest BCUT2D eigenvalue weighted by molar-refractivity contribution is 0.142. The van der Waals surface area contributed by atoms with Gasteiger partial charge in [-0.25, -0.2) is 0 Å². The number of hydrogen-bond acceptors (Lipinski definition) is 3. The van der Waals surface area contributed by atoms with Gasteiger partial charge in [0.05, 0.1) is 13.2 Å². The van der Waals surface area contributed by atoms with Crippen molar-refractivity contribution in [1.29, 1.82) is 0 Å². The van der Waals surface area contributed by atoms with Crippen LogP contribution in [0.15, 0.2) is 48.8 Å². The van der Waals surface area contributed by atoms with E-state index < -0.39 is 6.10 Å². The molecular weight excluding hydrogens is 238 g/mol. The van der Waals surface area contributed by atoms with E-state index in [1.165, 1.54) is 0 Å². The third kappa shape index (κ3) is 3.12. The van der Waals surface area contributed by atoms with E-state index >= 15 is 0 Å². The van der Waals surface area contributed by atoms with E-state index in [9.17, 15) is 5.11 Å². The zero-order chi connectivity index (χ0) is 13.7. The van der Waals surface area contributed by atoms with Crippen LogP contribution in [0, 0.1) is 0 Å². The Kier molecular flexibility index (Phi) is 4.53. The van der Waals surface area contributed by atoms with Gasteiger partial charge in [-0.2, -0.15) is 0 Å². The monoisotopic (exact) mass is 257 g/mol. The predicted molar refractivity (Wildman–Crippen MR) is 75.2 cm³/mol. The van der Waals surface area contributed by atoms with E-state index in [1.54, 1.807) is 19.5 Å². The van der Waals surface area contributed by atoms with E-state index in [1.807, 2.05) is 36.4 Å². The Hall–Kier alpha value is -1.87. The van der Waals surface area contributed by atoms with Crippen LogP contribution in [0.1, 0.15) is 36.5 Å². The summed E-state index contributed by atoms with van der Waals surface area (Å²) in [6, 6.07) is 11.5. The molecule has 1 aromatic carbocycles. The number of methoxy groups -OCH3 is 1. The van der Waals surface area contributed by atoms with Gasteiger partial charge in [0.1, 0.15) is 5.75 Å². The highest BCUT2D eigenvalue weighted by molar-refractivity contribution is 5.31. The molecule has 2 atom stereocenters. The fourth-order valence-corrected chi connectivity index (χ4v) is 2.29. The molecule has 1 heterocycles. The van der Waals surface area contributed by atoms with Crippen LogP contribution in [0.4, 0.5) is 0 Å². The molecule has 0 spiro atoms. The number of hydrogen-bond donors (Lipinski definition) is 1. The second-order valence-corrected chi connectivity index (χ2v) is 4.51. The van der Waals surface area contributed by atoms with Crippen LogP contribution >= 0.6 is 0 Å². The molecule has 0 unspecified atom stereocenters. The molecule has 0 radical (unpaired) electrons. The molecule has 19 heavy (non-hydrogen) atoms. The van der Waals surface area contributed by atoms with Gasteiger partial charge in [-0.15, -0.1) is 0 Å². The molecule has 100 valence electrons. The smallest absolute Gasteiger partial charge is 0.118 e. The minimum Gasteiger partial charge on any atom is -0.497 e. The molecular formula is C16H19NO2. The SMILES string of the molecule is CC[C@H](c1ccncc1)[C@H](O)c1ccc(OC)cc1. The number of aromatic nitrogens is 1. The number of pyridine rings is 1. The Morgan fingerprint density at radius 3 is 2.21 bits per heavy atom. The zero-order valence-corrected chi connectivity index (χ0v) is 11.3. The number of ether oxygens (including phenoxy) is 1. The first-order valence-corrected chi connectivity index (χ1v) is 6.48. The summed E-state index contributed by atoms with van der Waals surface area (Å²) >= 11 is 0. The molecule has 2 rings (SSSR count). The van der Waals surface area contributed by atoms with Crippen LogP contribution < -0.4 is 4.74 Å². The summed E-state index contributed by atoms with van der Waals surface area (Å²) < 4.78 is 5.13.